The zero-order valence-corrected chi connectivity index (χ0v) is 14.6. The molecule has 2 aromatic heterocycles. The molecule has 25 heavy (non-hydrogen) atoms. The number of carbonyl (C=O) groups excluding carboxylic acids is 1. The van der Waals surface area contributed by atoms with Crippen molar-refractivity contribution in [2.24, 2.45) is 7.05 Å². The van der Waals surface area contributed by atoms with Crippen LogP contribution >= 0.6 is 0 Å². The standard InChI is InChI=1S/C19H20N4O2/c1-20-7-6-15-17(20)19(24)23-9-8-22-14-5-4-13(25-3)10-12(14)11-16(22)18(23)21(15)2/h4-7,10-11,18H,8-9H2,1-3H3. The van der Waals surface area contributed by atoms with Crippen LogP contribution in [0.15, 0.2) is 36.5 Å². The lowest BCUT2D eigenvalue weighted by Gasteiger charge is -2.46. The van der Waals surface area contributed by atoms with Gasteiger partial charge in [0.25, 0.3) is 5.91 Å². The molecule has 0 aliphatic carbocycles. The number of aryl methyl sites for hydroxylation is 1. The zero-order chi connectivity index (χ0) is 17.3. The van der Waals surface area contributed by atoms with Crippen LogP contribution in [-0.2, 0) is 13.6 Å². The number of nitrogens with zero attached hydrogens (tertiary/aromatic N) is 4. The summed E-state index contributed by atoms with van der Waals surface area (Å²) in [4.78, 5) is 17.2. The van der Waals surface area contributed by atoms with Crippen molar-refractivity contribution < 1.29 is 9.53 Å². The Labute approximate surface area is 145 Å². The monoisotopic (exact) mass is 336 g/mol. The van der Waals surface area contributed by atoms with Gasteiger partial charge in [-0.1, -0.05) is 0 Å². The average Bonchev–Trinajstić information content (AvgIpc) is 3.19. The van der Waals surface area contributed by atoms with E-state index < -0.39 is 0 Å². The number of ether oxygens (including phenoxy) is 1. The molecule has 3 aromatic rings. The van der Waals surface area contributed by atoms with Crippen molar-refractivity contribution in [1.82, 2.24) is 14.0 Å². The van der Waals surface area contributed by atoms with Crippen LogP contribution in [0, 0.1) is 0 Å². The summed E-state index contributed by atoms with van der Waals surface area (Å²) in [7, 11) is 5.68. The fourth-order valence-electron chi connectivity index (χ4n) is 4.30. The van der Waals surface area contributed by atoms with E-state index in [2.05, 4.69) is 34.7 Å². The van der Waals surface area contributed by atoms with Gasteiger partial charge in [-0.05, 0) is 30.3 Å². The van der Waals surface area contributed by atoms with E-state index in [9.17, 15) is 4.79 Å². The summed E-state index contributed by atoms with van der Waals surface area (Å²) in [5.74, 6) is 0.963. The van der Waals surface area contributed by atoms with Crippen LogP contribution in [0.4, 0.5) is 5.69 Å². The van der Waals surface area contributed by atoms with Gasteiger partial charge in [0.2, 0.25) is 0 Å². The summed E-state index contributed by atoms with van der Waals surface area (Å²) < 4.78 is 9.60. The van der Waals surface area contributed by atoms with Crippen molar-refractivity contribution >= 4 is 22.5 Å². The number of amides is 1. The maximum atomic E-state index is 13.1. The third-order valence-corrected chi connectivity index (χ3v) is 5.53. The largest absolute Gasteiger partial charge is 0.497 e. The van der Waals surface area contributed by atoms with E-state index in [1.165, 1.54) is 5.52 Å². The van der Waals surface area contributed by atoms with Crippen molar-refractivity contribution in [3.05, 3.63) is 47.9 Å². The summed E-state index contributed by atoms with van der Waals surface area (Å²) >= 11 is 0. The quantitative estimate of drug-likeness (QED) is 0.686. The number of fused-ring (bicyclic) bond motifs is 6. The maximum Gasteiger partial charge on any atom is 0.274 e. The molecule has 128 valence electrons. The molecule has 2 aliphatic rings. The van der Waals surface area contributed by atoms with Crippen molar-refractivity contribution in [1.29, 1.82) is 0 Å². The minimum absolute atomic E-state index is 0.0745. The molecule has 1 amide bonds. The predicted molar refractivity (Wildman–Crippen MR) is 96.1 cm³/mol. The van der Waals surface area contributed by atoms with Gasteiger partial charge in [0.1, 0.15) is 17.6 Å². The molecule has 6 heteroatoms. The molecule has 2 aliphatic heterocycles. The maximum absolute atomic E-state index is 13.1. The van der Waals surface area contributed by atoms with Gasteiger partial charge >= 0.3 is 0 Å². The molecule has 5 rings (SSSR count). The zero-order valence-electron chi connectivity index (χ0n) is 14.6. The van der Waals surface area contributed by atoms with Crippen LogP contribution in [0.5, 0.6) is 5.75 Å². The fraction of sp³-hybridized carbons (Fsp3) is 0.316. The molecule has 4 heterocycles. The number of benzene rings is 1. The molecule has 0 N–H and O–H groups in total. The van der Waals surface area contributed by atoms with E-state index >= 15 is 0 Å². The number of carbonyl (C=O) groups is 1. The minimum Gasteiger partial charge on any atom is -0.497 e. The Balaban J connectivity index is 1.71. The highest BCUT2D eigenvalue weighted by Gasteiger charge is 2.42. The number of rotatable bonds is 1. The van der Waals surface area contributed by atoms with Crippen LogP contribution in [0.2, 0.25) is 0 Å². The molecule has 0 radical (unpaired) electrons. The third kappa shape index (κ3) is 1.76. The Bertz CT molecular complexity index is 1020. The van der Waals surface area contributed by atoms with Gasteiger partial charge < -0.3 is 23.7 Å². The lowest BCUT2D eigenvalue weighted by molar-refractivity contribution is 0.0591. The molecule has 6 nitrogen and oxygen atoms in total. The first-order valence-electron chi connectivity index (χ1n) is 8.46. The Morgan fingerprint density at radius 3 is 2.76 bits per heavy atom. The highest BCUT2D eigenvalue weighted by molar-refractivity contribution is 6.01. The predicted octanol–water partition coefficient (Wildman–Crippen LogP) is 2.59. The average molecular weight is 336 g/mol. The summed E-state index contributed by atoms with van der Waals surface area (Å²) in [6.07, 6.45) is 1.88. The van der Waals surface area contributed by atoms with E-state index in [0.29, 0.717) is 6.54 Å². The van der Waals surface area contributed by atoms with E-state index in [1.807, 2.05) is 34.8 Å². The van der Waals surface area contributed by atoms with Crippen molar-refractivity contribution in [3.8, 4) is 5.75 Å². The molecule has 0 spiro atoms. The van der Waals surface area contributed by atoms with Gasteiger partial charge in [0.05, 0.1) is 18.5 Å². The fourth-order valence-corrected chi connectivity index (χ4v) is 4.30. The van der Waals surface area contributed by atoms with Gasteiger partial charge in [0, 0.05) is 44.3 Å². The summed E-state index contributed by atoms with van der Waals surface area (Å²) in [5, 5.41) is 1.15. The van der Waals surface area contributed by atoms with Crippen LogP contribution < -0.4 is 9.64 Å². The second-order valence-corrected chi connectivity index (χ2v) is 6.79. The molecule has 1 aromatic carbocycles. The van der Waals surface area contributed by atoms with Crippen LogP contribution in [0.3, 0.4) is 0 Å². The van der Waals surface area contributed by atoms with Crippen molar-refractivity contribution in [3.63, 3.8) is 0 Å². The Kier molecular flexibility index (Phi) is 2.78. The second kappa shape index (κ2) is 4.81. The number of methoxy groups -OCH3 is 1. The van der Waals surface area contributed by atoms with E-state index in [1.54, 1.807) is 7.11 Å². The van der Waals surface area contributed by atoms with Gasteiger partial charge in [-0.15, -0.1) is 0 Å². The van der Waals surface area contributed by atoms with Crippen LogP contribution in [0.1, 0.15) is 22.3 Å². The topological polar surface area (TPSA) is 42.6 Å². The first-order valence-corrected chi connectivity index (χ1v) is 8.46. The van der Waals surface area contributed by atoms with E-state index in [-0.39, 0.29) is 12.1 Å². The van der Waals surface area contributed by atoms with E-state index in [0.717, 1.165) is 34.8 Å². The van der Waals surface area contributed by atoms with Crippen LogP contribution in [0.25, 0.3) is 10.9 Å². The summed E-state index contributed by atoms with van der Waals surface area (Å²) in [5.41, 5.74) is 4.10. The molecule has 1 unspecified atom stereocenters. The number of hydrogen-bond acceptors (Lipinski definition) is 3. The van der Waals surface area contributed by atoms with Gasteiger partial charge in [0.15, 0.2) is 0 Å². The normalized spacial score (nSPS) is 19.0. The number of aromatic nitrogens is 2. The van der Waals surface area contributed by atoms with E-state index in [4.69, 9.17) is 4.74 Å². The first-order chi connectivity index (χ1) is 12.1. The highest BCUT2D eigenvalue weighted by Crippen LogP contribution is 2.42. The first kappa shape index (κ1) is 14.5. The Morgan fingerprint density at radius 1 is 1.12 bits per heavy atom. The lowest BCUT2D eigenvalue weighted by Crippen LogP contribution is -2.52. The summed E-state index contributed by atoms with van der Waals surface area (Å²) in [6, 6.07) is 10.4. The van der Waals surface area contributed by atoms with Crippen LogP contribution in [-0.4, -0.2) is 40.6 Å². The molecule has 1 atom stereocenters. The molecule has 0 fully saturated rings. The lowest BCUT2D eigenvalue weighted by atomic mass is 10.1. The summed E-state index contributed by atoms with van der Waals surface area (Å²) in [6.45, 7) is 1.52. The third-order valence-electron chi connectivity index (χ3n) is 5.53. The Morgan fingerprint density at radius 2 is 1.96 bits per heavy atom. The van der Waals surface area contributed by atoms with Crippen molar-refractivity contribution in [2.75, 3.05) is 25.6 Å². The second-order valence-electron chi connectivity index (χ2n) is 6.79. The highest BCUT2D eigenvalue weighted by atomic mass is 16.5. The van der Waals surface area contributed by atoms with Gasteiger partial charge in [-0.3, -0.25) is 4.79 Å². The van der Waals surface area contributed by atoms with Crippen molar-refractivity contribution in [2.45, 2.75) is 12.7 Å². The Hall–Kier alpha value is -2.89. The number of anilines is 1. The molecular formula is C19H20N4O2. The molecule has 0 bridgehead atoms. The minimum atomic E-state index is -0.0745. The number of hydrogen-bond donors (Lipinski definition) is 0. The van der Waals surface area contributed by atoms with Gasteiger partial charge in [-0.25, -0.2) is 0 Å². The molecule has 0 saturated heterocycles. The SMILES string of the molecule is COc1ccc2c(c1)cc1n2CCN2C(=O)c3c(ccn3C)N(C)C12. The van der Waals surface area contributed by atoms with Gasteiger partial charge in [-0.2, -0.15) is 0 Å². The smallest absolute Gasteiger partial charge is 0.274 e. The molecule has 0 saturated carbocycles. The molecular weight excluding hydrogens is 316 g/mol.